The fourth-order valence-electron chi connectivity index (χ4n) is 7.22. The molecule has 2 aliphatic heterocycles. The number of hydrogen-bond donors (Lipinski definition) is 7. The molecule has 0 bridgehead atoms. The molecule has 7 N–H and O–H groups in total. The first-order valence-electron chi connectivity index (χ1n) is 26.1. The van der Waals surface area contributed by atoms with E-state index in [1.807, 2.05) is 12.2 Å². The first-order valence-corrected chi connectivity index (χ1v) is 26.1. The van der Waals surface area contributed by atoms with Crippen molar-refractivity contribution in [1.82, 2.24) is 0 Å². The Labute approximate surface area is 429 Å². The largest absolute Gasteiger partial charge is 0.462 e. The fourth-order valence-corrected chi connectivity index (χ4v) is 7.22. The molecule has 11 unspecified atom stereocenters. The normalized spacial score (nSPS) is 26.0. The highest BCUT2D eigenvalue weighted by Gasteiger charge is 2.47. The van der Waals surface area contributed by atoms with E-state index in [9.17, 15) is 45.3 Å². The predicted octanol–water partition coefficient (Wildman–Crippen LogP) is 7.71. The van der Waals surface area contributed by atoms with E-state index in [4.69, 9.17) is 28.4 Å². The van der Waals surface area contributed by atoms with Crippen LogP contribution >= 0.6 is 0 Å². The number of carbonyl (C=O) groups excluding carboxylic acids is 2. The monoisotopic (exact) mass is 1010 g/mol. The molecule has 0 radical (unpaired) electrons. The lowest BCUT2D eigenvalue weighted by Gasteiger charge is -2.42. The van der Waals surface area contributed by atoms with Gasteiger partial charge in [0.25, 0.3) is 0 Å². The molecule has 2 heterocycles. The highest BCUT2D eigenvalue weighted by molar-refractivity contribution is 5.70. The number of aliphatic hydroxyl groups is 7. The average Bonchev–Trinajstić information content (AvgIpc) is 3.37. The van der Waals surface area contributed by atoms with Gasteiger partial charge in [-0.05, 0) is 96.3 Å². The van der Waals surface area contributed by atoms with E-state index in [1.54, 1.807) is 0 Å². The maximum absolute atomic E-state index is 13.0. The lowest BCUT2D eigenvalue weighted by Crippen LogP contribution is -2.61. The summed E-state index contributed by atoms with van der Waals surface area (Å²) in [6, 6.07) is 0. The average molecular weight is 1010 g/mol. The van der Waals surface area contributed by atoms with Crippen molar-refractivity contribution >= 4 is 11.9 Å². The molecule has 0 aliphatic carbocycles. The molecule has 2 fully saturated rings. The van der Waals surface area contributed by atoms with Gasteiger partial charge in [-0.2, -0.15) is 0 Å². The van der Waals surface area contributed by atoms with Gasteiger partial charge in [0.2, 0.25) is 0 Å². The third-order valence-corrected chi connectivity index (χ3v) is 11.4. The van der Waals surface area contributed by atoms with Crippen LogP contribution in [0.5, 0.6) is 0 Å². The summed E-state index contributed by atoms with van der Waals surface area (Å²) in [4.78, 5) is 25.8. The highest BCUT2D eigenvalue weighted by atomic mass is 16.7. The lowest BCUT2D eigenvalue weighted by molar-refractivity contribution is -0.332. The molecule has 0 amide bonds. The standard InChI is InChI=1S/C57H88O15/c1-3-5-7-9-11-13-15-17-19-21-22-24-26-28-30-32-34-36-38-40-49(60)70-45(42-67-48(59)39-37-35-33-31-29-27-25-23-20-18-16-14-12-10-8-6-4-2)43-68-56-55(66)53(64)51(62)47(72-56)44-69-57-54(65)52(63)50(61)46(41-58)71-57/h5-8,11-14,17-20,22,24-25,27-28,30-31,33,45-47,50-58,61-66H,3-4,9-10,15-16,21,23,26,29,32,34-44H2,1-2H3/b7-5-,8-6-,13-11-,14-12-,19-17-,20-18-,24-22-,27-25-,30-28-,33-31-. The van der Waals surface area contributed by atoms with E-state index in [0.29, 0.717) is 19.3 Å². The Morgan fingerprint density at radius 1 is 0.444 bits per heavy atom. The van der Waals surface area contributed by atoms with Crippen molar-refractivity contribution in [1.29, 1.82) is 0 Å². The molecule has 15 nitrogen and oxygen atoms in total. The molecule has 15 heteroatoms. The van der Waals surface area contributed by atoms with Crippen LogP contribution < -0.4 is 0 Å². The van der Waals surface area contributed by atoms with Crippen LogP contribution in [0.2, 0.25) is 0 Å². The summed E-state index contributed by atoms with van der Waals surface area (Å²) in [5, 5.41) is 72.1. The Morgan fingerprint density at radius 3 is 1.32 bits per heavy atom. The van der Waals surface area contributed by atoms with E-state index in [1.165, 1.54) is 0 Å². The topological polar surface area (TPSA) is 231 Å². The third-order valence-electron chi connectivity index (χ3n) is 11.4. The number of carbonyl (C=O) groups is 2. The molecule has 406 valence electrons. The Hall–Kier alpha value is -4.10. The van der Waals surface area contributed by atoms with Gasteiger partial charge in [0.05, 0.1) is 19.8 Å². The second-order valence-corrected chi connectivity index (χ2v) is 17.6. The minimum atomic E-state index is -1.79. The van der Waals surface area contributed by atoms with Crippen molar-refractivity contribution in [3.8, 4) is 0 Å². The van der Waals surface area contributed by atoms with Crippen molar-refractivity contribution in [3.05, 3.63) is 122 Å². The molecule has 0 saturated carbocycles. The number of ether oxygens (including phenoxy) is 6. The summed E-state index contributed by atoms with van der Waals surface area (Å²) in [7, 11) is 0. The van der Waals surface area contributed by atoms with Crippen LogP contribution in [-0.4, -0.2) is 142 Å². The van der Waals surface area contributed by atoms with Gasteiger partial charge in [-0.3, -0.25) is 9.59 Å². The smallest absolute Gasteiger partial charge is 0.306 e. The van der Waals surface area contributed by atoms with Gasteiger partial charge in [-0.25, -0.2) is 0 Å². The molecule has 0 aromatic heterocycles. The SMILES string of the molecule is CC/C=C\C/C=C\C/C=C\C/C=C\C/C=C\CCCCCC(=O)OC(COC(=O)CCC/C=C\C/C=C\C/C=C\C/C=C\C/C=C\CC)COC1OC(COC2OC(CO)C(O)C(O)C2O)C(O)C(O)C1O. The van der Waals surface area contributed by atoms with E-state index >= 15 is 0 Å². The van der Waals surface area contributed by atoms with Crippen molar-refractivity contribution < 1.29 is 73.8 Å². The number of aliphatic hydroxyl groups excluding tert-OH is 7. The van der Waals surface area contributed by atoms with Gasteiger partial charge >= 0.3 is 11.9 Å². The Balaban J connectivity index is 1.85. The lowest BCUT2D eigenvalue weighted by atomic mass is 9.98. The maximum atomic E-state index is 13.0. The van der Waals surface area contributed by atoms with Crippen molar-refractivity contribution in [3.63, 3.8) is 0 Å². The third kappa shape index (κ3) is 29.6. The van der Waals surface area contributed by atoms with Crippen LogP contribution in [0, 0.1) is 0 Å². The molecule has 0 aromatic rings. The van der Waals surface area contributed by atoms with Crippen LogP contribution in [0.25, 0.3) is 0 Å². The number of allylic oxidation sites excluding steroid dienone is 20. The Bertz CT molecular complexity index is 1710. The summed E-state index contributed by atoms with van der Waals surface area (Å²) in [5.41, 5.74) is 0. The van der Waals surface area contributed by atoms with Gasteiger partial charge in [0, 0.05) is 12.8 Å². The van der Waals surface area contributed by atoms with Crippen molar-refractivity contribution in [2.45, 2.75) is 197 Å². The van der Waals surface area contributed by atoms with Gasteiger partial charge in [-0.1, -0.05) is 142 Å². The van der Waals surface area contributed by atoms with Crippen LogP contribution in [0.4, 0.5) is 0 Å². The van der Waals surface area contributed by atoms with Gasteiger partial charge in [0.1, 0.15) is 55.4 Å². The second kappa shape index (κ2) is 42.3. The zero-order chi connectivity index (χ0) is 52.4. The predicted molar refractivity (Wildman–Crippen MR) is 279 cm³/mol. The molecule has 0 aromatic carbocycles. The van der Waals surface area contributed by atoms with E-state index in [-0.39, 0.29) is 19.4 Å². The minimum absolute atomic E-state index is 0.105. The van der Waals surface area contributed by atoms with E-state index in [0.717, 1.165) is 83.5 Å². The van der Waals surface area contributed by atoms with Crippen LogP contribution in [0.3, 0.4) is 0 Å². The maximum Gasteiger partial charge on any atom is 0.306 e. The number of esters is 2. The molecule has 2 aliphatic rings. The zero-order valence-electron chi connectivity index (χ0n) is 42.9. The highest BCUT2D eigenvalue weighted by Crippen LogP contribution is 2.26. The van der Waals surface area contributed by atoms with Crippen LogP contribution in [-0.2, 0) is 38.0 Å². The van der Waals surface area contributed by atoms with Gasteiger partial charge in [0.15, 0.2) is 18.7 Å². The molecule has 0 spiro atoms. The fraction of sp³-hybridized carbons (Fsp3) is 0.614. The molecular weight excluding hydrogens is 925 g/mol. The summed E-state index contributed by atoms with van der Waals surface area (Å²) < 4.78 is 33.5. The number of unbranched alkanes of at least 4 members (excludes halogenated alkanes) is 4. The first kappa shape index (κ1) is 64.0. The van der Waals surface area contributed by atoms with E-state index < -0.39 is 99.3 Å². The number of hydrogen-bond acceptors (Lipinski definition) is 15. The van der Waals surface area contributed by atoms with Crippen LogP contribution in [0.15, 0.2) is 122 Å². The van der Waals surface area contributed by atoms with Crippen molar-refractivity contribution in [2.24, 2.45) is 0 Å². The quantitative estimate of drug-likeness (QED) is 0.0178. The molecule has 2 saturated heterocycles. The molecule has 72 heavy (non-hydrogen) atoms. The summed E-state index contributed by atoms with van der Waals surface area (Å²) >= 11 is 0. The summed E-state index contributed by atoms with van der Waals surface area (Å²) in [5.74, 6) is -1.05. The second-order valence-electron chi connectivity index (χ2n) is 17.6. The molecular formula is C57H88O15. The van der Waals surface area contributed by atoms with Gasteiger partial charge < -0.3 is 64.2 Å². The minimum Gasteiger partial charge on any atom is -0.462 e. The van der Waals surface area contributed by atoms with Crippen molar-refractivity contribution in [2.75, 3.05) is 26.4 Å². The Morgan fingerprint density at radius 2 is 0.847 bits per heavy atom. The summed E-state index contributed by atoms with van der Waals surface area (Å²) in [6.07, 6.45) is 39.4. The molecule has 11 atom stereocenters. The van der Waals surface area contributed by atoms with E-state index in [2.05, 4.69) is 123 Å². The van der Waals surface area contributed by atoms with Crippen LogP contribution in [0.1, 0.15) is 129 Å². The zero-order valence-corrected chi connectivity index (χ0v) is 42.9. The molecule has 2 rings (SSSR count). The first-order chi connectivity index (χ1) is 35.0. The Kier molecular flexibility index (Phi) is 37.6. The summed E-state index contributed by atoms with van der Waals surface area (Å²) in [6.45, 7) is 2.23. The number of rotatable bonds is 38. The van der Waals surface area contributed by atoms with Gasteiger partial charge in [-0.15, -0.1) is 0 Å².